The van der Waals surface area contributed by atoms with E-state index in [1.807, 2.05) is 0 Å². The third kappa shape index (κ3) is 3.35. The van der Waals surface area contributed by atoms with E-state index in [-0.39, 0.29) is 11.7 Å². The molecule has 0 unspecified atom stereocenters. The van der Waals surface area contributed by atoms with E-state index in [4.69, 9.17) is 0 Å². The molecule has 0 bridgehead atoms. The maximum Gasteiger partial charge on any atom is 0.259 e. The van der Waals surface area contributed by atoms with Crippen LogP contribution in [-0.4, -0.2) is 5.91 Å². The van der Waals surface area contributed by atoms with Crippen LogP contribution < -0.4 is 10.0 Å². The Labute approximate surface area is 103 Å². The molecular formula is C12H11FN2OS. The molecule has 5 heteroatoms. The van der Waals surface area contributed by atoms with Crippen LogP contribution in [0.4, 0.5) is 4.39 Å². The third-order valence-electron chi connectivity index (χ3n) is 2.17. The standard InChI is InChI=1S/C12H11FN2OS/c13-10-5-3-9(4-6-10)8-14-12(16)11-2-1-7-15-17-11/h1-7,15H,8H2,(H,14,16). The SMILES string of the molecule is O=C(NCc1ccc(F)cc1)C1=CC=CNS1. The van der Waals surface area contributed by atoms with E-state index in [2.05, 4.69) is 10.0 Å². The predicted molar refractivity (Wildman–Crippen MR) is 66.2 cm³/mol. The highest BCUT2D eigenvalue weighted by Crippen LogP contribution is 2.15. The Bertz CT molecular complexity index is 468. The average molecular weight is 250 g/mol. The van der Waals surface area contributed by atoms with Gasteiger partial charge in [-0.1, -0.05) is 12.1 Å². The van der Waals surface area contributed by atoms with E-state index in [0.717, 1.165) is 5.56 Å². The molecule has 1 amide bonds. The van der Waals surface area contributed by atoms with Gasteiger partial charge in [0.1, 0.15) is 5.82 Å². The van der Waals surface area contributed by atoms with Crippen LogP contribution in [0.3, 0.4) is 0 Å². The molecule has 0 radical (unpaired) electrons. The van der Waals surface area contributed by atoms with Crippen LogP contribution in [0.15, 0.2) is 47.5 Å². The fourth-order valence-corrected chi connectivity index (χ4v) is 1.89. The van der Waals surface area contributed by atoms with Crippen molar-refractivity contribution < 1.29 is 9.18 Å². The van der Waals surface area contributed by atoms with Crippen molar-refractivity contribution in [3.8, 4) is 0 Å². The number of rotatable bonds is 3. The second-order valence-corrected chi connectivity index (χ2v) is 4.30. The van der Waals surface area contributed by atoms with Crippen LogP contribution in [0, 0.1) is 5.82 Å². The number of amides is 1. The molecule has 17 heavy (non-hydrogen) atoms. The van der Waals surface area contributed by atoms with Crippen LogP contribution in [0.25, 0.3) is 0 Å². The molecule has 2 rings (SSSR count). The zero-order chi connectivity index (χ0) is 12.1. The van der Waals surface area contributed by atoms with Gasteiger partial charge >= 0.3 is 0 Å². The molecule has 3 nitrogen and oxygen atoms in total. The lowest BCUT2D eigenvalue weighted by Gasteiger charge is -2.10. The largest absolute Gasteiger partial charge is 0.347 e. The first kappa shape index (κ1) is 11.7. The number of nitrogens with one attached hydrogen (secondary N) is 2. The first-order valence-electron chi connectivity index (χ1n) is 5.07. The van der Waals surface area contributed by atoms with Gasteiger partial charge in [0.05, 0.1) is 4.91 Å². The lowest BCUT2D eigenvalue weighted by molar-refractivity contribution is -0.116. The van der Waals surface area contributed by atoms with Crippen molar-refractivity contribution in [2.24, 2.45) is 0 Å². The second kappa shape index (κ2) is 5.54. The Morgan fingerprint density at radius 1 is 1.35 bits per heavy atom. The van der Waals surface area contributed by atoms with Crippen LogP contribution in [0.2, 0.25) is 0 Å². The number of hydrogen-bond donors (Lipinski definition) is 2. The summed E-state index contributed by atoms with van der Waals surface area (Å²) in [5.74, 6) is -0.420. The monoisotopic (exact) mass is 250 g/mol. The van der Waals surface area contributed by atoms with Gasteiger partial charge in [0, 0.05) is 12.7 Å². The third-order valence-corrected chi connectivity index (χ3v) is 2.97. The molecule has 1 aromatic rings. The molecule has 2 N–H and O–H groups in total. The molecule has 1 aliphatic rings. The summed E-state index contributed by atoms with van der Waals surface area (Å²) in [5, 5.41) is 2.76. The molecule has 1 heterocycles. The summed E-state index contributed by atoms with van der Waals surface area (Å²) in [7, 11) is 0. The van der Waals surface area contributed by atoms with E-state index in [0.29, 0.717) is 11.4 Å². The molecule has 0 spiro atoms. The van der Waals surface area contributed by atoms with Crippen LogP contribution in [-0.2, 0) is 11.3 Å². The highest BCUT2D eigenvalue weighted by Gasteiger charge is 2.10. The van der Waals surface area contributed by atoms with Gasteiger partial charge in [-0.3, -0.25) is 4.79 Å². The van der Waals surface area contributed by atoms with Gasteiger partial charge in [-0.05, 0) is 41.8 Å². The van der Waals surface area contributed by atoms with Crippen molar-refractivity contribution in [2.45, 2.75) is 6.54 Å². The fourth-order valence-electron chi connectivity index (χ4n) is 1.30. The molecule has 88 valence electrons. The predicted octanol–water partition coefficient (Wildman–Crippen LogP) is 2.09. The molecular weight excluding hydrogens is 239 g/mol. The Balaban J connectivity index is 1.89. The number of halogens is 1. The number of carbonyl (C=O) groups is 1. The van der Waals surface area contributed by atoms with Gasteiger partial charge in [-0.2, -0.15) is 0 Å². The van der Waals surface area contributed by atoms with Crippen molar-refractivity contribution in [1.29, 1.82) is 0 Å². The highest BCUT2D eigenvalue weighted by atomic mass is 32.2. The smallest absolute Gasteiger partial charge is 0.259 e. The molecule has 0 saturated carbocycles. The van der Waals surface area contributed by atoms with E-state index in [1.54, 1.807) is 30.5 Å². The molecule has 0 saturated heterocycles. The molecule has 1 aliphatic heterocycles. The summed E-state index contributed by atoms with van der Waals surface area (Å²) < 4.78 is 15.5. The lowest BCUT2D eigenvalue weighted by atomic mass is 10.2. The van der Waals surface area contributed by atoms with E-state index >= 15 is 0 Å². The number of hydrogen-bond acceptors (Lipinski definition) is 3. The highest BCUT2D eigenvalue weighted by molar-refractivity contribution is 8.02. The minimum absolute atomic E-state index is 0.142. The normalized spacial score (nSPS) is 13.8. The summed E-state index contributed by atoms with van der Waals surface area (Å²) in [5.41, 5.74) is 0.865. The number of benzene rings is 1. The summed E-state index contributed by atoms with van der Waals surface area (Å²) in [6.45, 7) is 0.390. The zero-order valence-electron chi connectivity index (χ0n) is 8.94. The van der Waals surface area contributed by atoms with Crippen LogP contribution in [0.1, 0.15) is 5.56 Å². The first-order chi connectivity index (χ1) is 8.25. The maximum absolute atomic E-state index is 12.7. The minimum Gasteiger partial charge on any atom is -0.347 e. The van der Waals surface area contributed by atoms with Gasteiger partial charge in [-0.15, -0.1) is 0 Å². The van der Waals surface area contributed by atoms with Crippen molar-refractivity contribution in [3.63, 3.8) is 0 Å². The first-order valence-corrected chi connectivity index (χ1v) is 5.89. The fraction of sp³-hybridized carbons (Fsp3) is 0.0833. The van der Waals surface area contributed by atoms with Gasteiger partial charge in [0.2, 0.25) is 0 Å². The Morgan fingerprint density at radius 3 is 2.76 bits per heavy atom. The Morgan fingerprint density at radius 2 is 2.12 bits per heavy atom. The van der Waals surface area contributed by atoms with Crippen LogP contribution >= 0.6 is 11.9 Å². The summed E-state index contributed by atoms with van der Waals surface area (Å²) in [6, 6.07) is 6.05. The van der Waals surface area contributed by atoms with Gasteiger partial charge in [0.15, 0.2) is 0 Å². The van der Waals surface area contributed by atoms with Crippen molar-refractivity contribution in [2.75, 3.05) is 0 Å². The summed E-state index contributed by atoms with van der Waals surface area (Å²) in [4.78, 5) is 12.3. The van der Waals surface area contributed by atoms with Crippen molar-refractivity contribution in [1.82, 2.24) is 10.0 Å². The molecule has 0 aliphatic carbocycles. The number of carbonyl (C=O) groups excluding carboxylic acids is 1. The van der Waals surface area contributed by atoms with Crippen molar-refractivity contribution >= 4 is 17.9 Å². The van der Waals surface area contributed by atoms with Crippen LogP contribution in [0.5, 0.6) is 0 Å². The molecule has 0 aromatic heterocycles. The maximum atomic E-state index is 12.7. The van der Waals surface area contributed by atoms with E-state index in [1.165, 1.54) is 24.1 Å². The number of allylic oxidation sites excluding steroid dienone is 2. The topological polar surface area (TPSA) is 41.1 Å². The molecule has 1 aromatic carbocycles. The van der Waals surface area contributed by atoms with Gasteiger partial charge in [-0.25, -0.2) is 4.39 Å². The quantitative estimate of drug-likeness (QED) is 0.807. The Hall–Kier alpha value is -1.75. The average Bonchev–Trinajstić information content (AvgIpc) is 2.39. The molecule has 0 fully saturated rings. The minimum atomic E-state index is -0.278. The second-order valence-electron chi connectivity index (χ2n) is 3.42. The Kier molecular flexibility index (Phi) is 3.82. The molecule has 0 atom stereocenters. The van der Waals surface area contributed by atoms with E-state index in [9.17, 15) is 9.18 Å². The van der Waals surface area contributed by atoms with E-state index < -0.39 is 0 Å². The van der Waals surface area contributed by atoms with Crippen molar-refractivity contribution in [3.05, 3.63) is 58.9 Å². The zero-order valence-corrected chi connectivity index (χ0v) is 9.76. The summed E-state index contributed by atoms with van der Waals surface area (Å²) in [6.07, 6.45) is 5.26. The summed E-state index contributed by atoms with van der Waals surface area (Å²) >= 11 is 1.26. The lowest BCUT2D eigenvalue weighted by Crippen LogP contribution is -2.24. The van der Waals surface area contributed by atoms with Gasteiger partial charge < -0.3 is 10.0 Å². The van der Waals surface area contributed by atoms with Gasteiger partial charge in [0.25, 0.3) is 5.91 Å².